The molecule has 0 saturated carbocycles. The van der Waals surface area contributed by atoms with Crippen molar-refractivity contribution in [3.63, 3.8) is 0 Å². The number of tetrazole rings is 1. The summed E-state index contributed by atoms with van der Waals surface area (Å²) in [6, 6.07) is 10.8. The Labute approximate surface area is 177 Å². The van der Waals surface area contributed by atoms with E-state index in [2.05, 4.69) is 15.4 Å². The number of carbonyl (C=O) groups is 1. The van der Waals surface area contributed by atoms with Crippen LogP contribution in [0, 0.1) is 5.82 Å². The lowest BCUT2D eigenvalue weighted by molar-refractivity contribution is -0.117. The molecule has 0 amide bonds. The van der Waals surface area contributed by atoms with Crippen molar-refractivity contribution in [3.8, 4) is 11.1 Å². The third-order valence-electron chi connectivity index (χ3n) is 5.66. The zero-order chi connectivity index (χ0) is 21.5. The predicted molar refractivity (Wildman–Crippen MR) is 110 cm³/mol. The first-order chi connectivity index (χ1) is 15.1. The van der Waals surface area contributed by atoms with Crippen molar-refractivity contribution in [2.45, 2.75) is 25.4 Å². The number of hydrogen-bond acceptors (Lipinski definition) is 8. The molecule has 0 radical (unpaired) electrons. The third kappa shape index (κ3) is 3.53. The quantitative estimate of drug-likeness (QED) is 0.612. The second kappa shape index (κ2) is 7.71. The monoisotopic (exact) mass is 424 g/mol. The summed E-state index contributed by atoms with van der Waals surface area (Å²) in [5.41, 5.74) is 4.02. The number of aldehydes is 1. The van der Waals surface area contributed by atoms with Gasteiger partial charge in [0.1, 0.15) is 11.9 Å². The standard InChI is InChI=1S/C21H21FN6O3/c1-26-24-21(23-25-26)27-8-14-3-2-13(6-15(14)9-27)18-5-4-16(7-19(18)22)28-10-17(11-29)31-20(28)12-30/h2-7,12,17,20,29H,8-11H2,1H3. The summed E-state index contributed by atoms with van der Waals surface area (Å²) in [6.07, 6.45) is -0.649. The van der Waals surface area contributed by atoms with Crippen LogP contribution in [-0.2, 0) is 29.7 Å². The maximum absolute atomic E-state index is 15.0. The summed E-state index contributed by atoms with van der Waals surface area (Å²) in [7, 11) is 1.72. The molecule has 3 aromatic rings. The Morgan fingerprint density at radius 3 is 2.77 bits per heavy atom. The molecule has 2 aromatic carbocycles. The Hall–Kier alpha value is -3.37. The van der Waals surface area contributed by atoms with Crippen molar-refractivity contribution in [2.75, 3.05) is 23.0 Å². The molecular formula is C21H21FN6O3. The minimum atomic E-state index is -0.830. The number of hydrogen-bond donors (Lipinski definition) is 1. The van der Waals surface area contributed by atoms with Crippen LogP contribution in [0.4, 0.5) is 16.0 Å². The minimum absolute atomic E-state index is 0.197. The average Bonchev–Trinajstić information content (AvgIpc) is 3.50. The van der Waals surface area contributed by atoms with Gasteiger partial charge in [0, 0.05) is 30.9 Å². The van der Waals surface area contributed by atoms with E-state index in [4.69, 9.17) is 4.74 Å². The smallest absolute Gasteiger partial charge is 0.266 e. The van der Waals surface area contributed by atoms with E-state index in [0.29, 0.717) is 43.1 Å². The second-order valence-corrected chi connectivity index (χ2v) is 7.70. The third-order valence-corrected chi connectivity index (χ3v) is 5.66. The molecule has 3 heterocycles. The molecule has 1 saturated heterocycles. The Kier molecular flexibility index (Phi) is 4.87. The highest BCUT2D eigenvalue weighted by Gasteiger charge is 2.32. The van der Waals surface area contributed by atoms with Crippen LogP contribution >= 0.6 is 0 Å². The Morgan fingerprint density at radius 1 is 1.23 bits per heavy atom. The number of ether oxygens (including phenoxy) is 1. The van der Waals surface area contributed by atoms with Gasteiger partial charge in [-0.15, -0.1) is 5.10 Å². The molecule has 10 heteroatoms. The van der Waals surface area contributed by atoms with Gasteiger partial charge in [-0.05, 0) is 46.2 Å². The highest BCUT2D eigenvalue weighted by atomic mass is 19.1. The van der Waals surface area contributed by atoms with Gasteiger partial charge in [0.15, 0.2) is 12.5 Å². The van der Waals surface area contributed by atoms with Crippen LogP contribution in [0.3, 0.4) is 0 Å². The van der Waals surface area contributed by atoms with Gasteiger partial charge in [0.05, 0.1) is 13.7 Å². The fourth-order valence-electron chi connectivity index (χ4n) is 4.12. The zero-order valence-corrected chi connectivity index (χ0v) is 16.8. The first kappa shape index (κ1) is 19.6. The summed E-state index contributed by atoms with van der Waals surface area (Å²) in [6.45, 7) is 1.43. The lowest BCUT2D eigenvalue weighted by Crippen LogP contribution is -2.31. The largest absolute Gasteiger partial charge is 0.394 e. The second-order valence-electron chi connectivity index (χ2n) is 7.70. The van der Waals surface area contributed by atoms with E-state index < -0.39 is 12.3 Å². The molecule has 1 fully saturated rings. The summed E-state index contributed by atoms with van der Waals surface area (Å²) in [4.78, 5) is 16.4. The molecular weight excluding hydrogens is 403 g/mol. The van der Waals surface area contributed by atoms with Gasteiger partial charge in [-0.25, -0.2) is 4.39 Å². The van der Waals surface area contributed by atoms with E-state index in [0.717, 1.165) is 16.7 Å². The van der Waals surface area contributed by atoms with E-state index in [1.54, 1.807) is 24.1 Å². The molecule has 9 nitrogen and oxygen atoms in total. The van der Waals surface area contributed by atoms with Gasteiger partial charge in [0.2, 0.25) is 0 Å². The molecule has 1 N–H and O–H groups in total. The fraction of sp³-hybridized carbons (Fsp3) is 0.333. The molecule has 5 rings (SSSR count). The predicted octanol–water partition coefficient (Wildman–Crippen LogP) is 1.26. The van der Waals surface area contributed by atoms with Crippen LogP contribution in [0.15, 0.2) is 36.4 Å². The number of carbonyl (C=O) groups excluding carboxylic acids is 1. The van der Waals surface area contributed by atoms with Crippen LogP contribution in [0.1, 0.15) is 11.1 Å². The number of aliphatic hydroxyl groups is 1. The molecule has 31 heavy (non-hydrogen) atoms. The van der Waals surface area contributed by atoms with Crippen LogP contribution in [0.5, 0.6) is 0 Å². The summed E-state index contributed by atoms with van der Waals surface area (Å²) in [5.74, 6) is 0.175. The molecule has 2 unspecified atom stereocenters. The lowest BCUT2D eigenvalue weighted by Gasteiger charge is -2.21. The van der Waals surface area contributed by atoms with Crippen molar-refractivity contribution < 1.29 is 19.0 Å². The molecule has 2 aliphatic rings. The van der Waals surface area contributed by atoms with E-state index in [-0.39, 0.29) is 12.4 Å². The first-order valence-electron chi connectivity index (χ1n) is 9.94. The van der Waals surface area contributed by atoms with Crippen molar-refractivity contribution in [2.24, 2.45) is 7.05 Å². The normalized spacial score (nSPS) is 20.4. The van der Waals surface area contributed by atoms with Gasteiger partial charge >= 0.3 is 0 Å². The Bertz CT molecular complexity index is 1140. The number of aryl methyl sites for hydroxylation is 1. The van der Waals surface area contributed by atoms with E-state index in [9.17, 15) is 9.90 Å². The molecule has 0 spiro atoms. The van der Waals surface area contributed by atoms with Crippen LogP contribution in [0.2, 0.25) is 0 Å². The van der Waals surface area contributed by atoms with E-state index in [1.165, 1.54) is 10.9 Å². The highest BCUT2D eigenvalue weighted by Crippen LogP contribution is 2.33. The van der Waals surface area contributed by atoms with E-state index in [1.807, 2.05) is 23.1 Å². The molecule has 0 aliphatic carbocycles. The summed E-state index contributed by atoms with van der Waals surface area (Å²) < 4.78 is 20.5. The Balaban J connectivity index is 1.39. The van der Waals surface area contributed by atoms with E-state index >= 15 is 4.39 Å². The zero-order valence-electron chi connectivity index (χ0n) is 16.8. The van der Waals surface area contributed by atoms with Gasteiger partial charge in [-0.2, -0.15) is 4.80 Å². The highest BCUT2D eigenvalue weighted by molar-refractivity contribution is 5.71. The number of rotatable bonds is 5. The molecule has 2 atom stereocenters. The number of aromatic nitrogens is 4. The van der Waals surface area contributed by atoms with Crippen LogP contribution < -0.4 is 9.80 Å². The summed E-state index contributed by atoms with van der Waals surface area (Å²) >= 11 is 0. The van der Waals surface area contributed by atoms with Gasteiger partial charge < -0.3 is 19.6 Å². The molecule has 0 bridgehead atoms. The van der Waals surface area contributed by atoms with Crippen LogP contribution in [0.25, 0.3) is 11.1 Å². The first-order valence-corrected chi connectivity index (χ1v) is 9.94. The van der Waals surface area contributed by atoms with Crippen molar-refractivity contribution in [1.29, 1.82) is 0 Å². The number of fused-ring (bicyclic) bond motifs is 1. The van der Waals surface area contributed by atoms with Crippen LogP contribution in [-0.4, -0.2) is 57.1 Å². The van der Waals surface area contributed by atoms with Crippen molar-refractivity contribution in [1.82, 2.24) is 20.2 Å². The number of benzene rings is 2. The summed E-state index contributed by atoms with van der Waals surface area (Å²) in [5, 5.41) is 21.5. The minimum Gasteiger partial charge on any atom is -0.394 e. The fourth-order valence-corrected chi connectivity index (χ4v) is 4.12. The number of halogens is 1. The van der Waals surface area contributed by atoms with Crippen molar-refractivity contribution >= 4 is 17.9 Å². The molecule has 1 aromatic heterocycles. The van der Waals surface area contributed by atoms with Gasteiger partial charge in [-0.3, -0.25) is 4.79 Å². The maximum atomic E-state index is 15.0. The number of nitrogens with zero attached hydrogens (tertiary/aromatic N) is 6. The molecule has 2 aliphatic heterocycles. The topological polar surface area (TPSA) is 96.6 Å². The van der Waals surface area contributed by atoms with Gasteiger partial charge in [0.25, 0.3) is 5.95 Å². The SMILES string of the molecule is Cn1nnc(N2Cc3ccc(-c4ccc(N5CC(CO)OC5C=O)cc4F)cc3C2)n1. The van der Waals surface area contributed by atoms with Crippen molar-refractivity contribution in [3.05, 3.63) is 53.3 Å². The Morgan fingerprint density at radius 2 is 2.06 bits per heavy atom. The lowest BCUT2D eigenvalue weighted by atomic mass is 9.99. The number of anilines is 2. The maximum Gasteiger partial charge on any atom is 0.266 e. The average molecular weight is 424 g/mol. The van der Waals surface area contributed by atoms with Gasteiger partial charge in [-0.1, -0.05) is 17.2 Å². The number of aliphatic hydroxyl groups excluding tert-OH is 1. The molecule has 160 valence electrons.